The van der Waals surface area contributed by atoms with Gasteiger partial charge in [0.2, 0.25) is 0 Å². The van der Waals surface area contributed by atoms with E-state index in [0.29, 0.717) is 11.6 Å². The van der Waals surface area contributed by atoms with Gasteiger partial charge in [0, 0.05) is 21.7 Å². The Kier molecular flexibility index (Phi) is 4.70. The maximum absolute atomic E-state index is 6.52. The van der Waals surface area contributed by atoms with Crippen molar-refractivity contribution in [3.05, 3.63) is 75.8 Å². The summed E-state index contributed by atoms with van der Waals surface area (Å²) in [6.07, 6.45) is 0. The van der Waals surface area contributed by atoms with Gasteiger partial charge in [-0.3, -0.25) is 9.56 Å². The minimum absolute atomic E-state index is 0.450. The molecule has 28 heavy (non-hydrogen) atoms. The summed E-state index contributed by atoms with van der Waals surface area (Å²) in [4.78, 5) is 4.87. The monoisotopic (exact) mass is 404 g/mol. The molecular weight excluding hydrogens is 384 g/mol. The molecule has 0 N–H and O–H groups in total. The first-order valence-electron chi connectivity index (χ1n) is 9.22. The van der Waals surface area contributed by atoms with Crippen LogP contribution in [0, 0.1) is 18.4 Å². The molecule has 0 spiro atoms. The highest BCUT2D eigenvalue weighted by molar-refractivity contribution is 6.83. The second-order valence-electron chi connectivity index (χ2n) is 7.88. The first-order valence-corrected chi connectivity index (χ1v) is 13.1. The van der Waals surface area contributed by atoms with Gasteiger partial charge in [-0.1, -0.05) is 55.4 Å². The van der Waals surface area contributed by atoms with Crippen LogP contribution in [0.15, 0.2) is 47.5 Å². The van der Waals surface area contributed by atoms with E-state index < -0.39 is 8.07 Å². The van der Waals surface area contributed by atoms with Crippen molar-refractivity contribution >= 4 is 25.4 Å². The van der Waals surface area contributed by atoms with E-state index in [1.165, 1.54) is 0 Å². The summed E-state index contributed by atoms with van der Waals surface area (Å²) < 4.78 is 2.07. The SMILES string of the molecule is Cc1nnc2n1-c1ccc(C#C[Si](C)(C)C)cc1C(c1ccccc1Cl)=NC2. The molecule has 1 aliphatic rings. The Morgan fingerprint density at radius 3 is 2.57 bits per heavy atom. The van der Waals surface area contributed by atoms with Gasteiger partial charge in [0.15, 0.2) is 5.82 Å². The summed E-state index contributed by atoms with van der Waals surface area (Å²) >= 11 is 6.52. The summed E-state index contributed by atoms with van der Waals surface area (Å²) in [7, 11) is -1.47. The predicted octanol–water partition coefficient (Wildman–Crippen LogP) is 4.81. The summed E-state index contributed by atoms with van der Waals surface area (Å²) in [5.41, 5.74) is 8.21. The van der Waals surface area contributed by atoms with Crippen molar-refractivity contribution in [2.45, 2.75) is 33.1 Å². The summed E-state index contributed by atoms with van der Waals surface area (Å²) in [6.45, 7) is 9.14. The molecule has 0 atom stereocenters. The zero-order valence-electron chi connectivity index (χ0n) is 16.4. The standard InChI is InChI=1S/C22H21ClN4Si/c1-15-25-26-21-14-24-22(17-7-5-6-8-19(17)23)18-13-16(11-12-28(2,3)4)9-10-20(18)27(15)21/h5-10,13H,14H2,1-4H3. The lowest BCUT2D eigenvalue weighted by Gasteiger charge is -2.14. The number of hydrogen-bond donors (Lipinski definition) is 0. The lowest BCUT2D eigenvalue weighted by atomic mass is 9.98. The highest BCUT2D eigenvalue weighted by Crippen LogP contribution is 2.29. The first-order chi connectivity index (χ1) is 13.3. The largest absolute Gasteiger partial charge is 0.281 e. The molecule has 0 fully saturated rings. The second kappa shape index (κ2) is 7.05. The van der Waals surface area contributed by atoms with Gasteiger partial charge in [0.05, 0.1) is 11.4 Å². The van der Waals surface area contributed by atoms with E-state index in [4.69, 9.17) is 16.6 Å². The Bertz CT molecular complexity index is 1160. The molecule has 1 aliphatic heterocycles. The van der Waals surface area contributed by atoms with Crippen LogP contribution in [0.25, 0.3) is 5.69 Å². The number of aliphatic imine (C=N–C) groups is 1. The summed E-state index contributed by atoms with van der Waals surface area (Å²) in [5, 5.41) is 9.23. The lowest BCUT2D eigenvalue weighted by molar-refractivity contribution is 0.861. The van der Waals surface area contributed by atoms with Gasteiger partial charge in [0.1, 0.15) is 20.4 Å². The lowest BCUT2D eigenvalue weighted by Crippen LogP contribution is -2.16. The number of rotatable bonds is 1. The van der Waals surface area contributed by atoms with Gasteiger partial charge in [-0.2, -0.15) is 0 Å². The molecule has 3 aromatic rings. The Labute approximate surface area is 171 Å². The Morgan fingerprint density at radius 2 is 1.82 bits per heavy atom. The Morgan fingerprint density at radius 1 is 1.04 bits per heavy atom. The van der Waals surface area contributed by atoms with Gasteiger partial charge in [-0.25, -0.2) is 0 Å². The van der Waals surface area contributed by atoms with Crippen molar-refractivity contribution in [2.75, 3.05) is 0 Å². The van der Waals surface area contributed by atoms with E-state index in [9.17, 15) is 0 Å². The number of nitrogens with zero attached hydrogens (tertiary/aromatic N) is 4. The van der Waals surface area contributed by atoms with E-state index in [2.05, 4.69) is 64.1 Å². The summed E-state index contributed by atoms with van der Waals surface area (Å²) in [6, 6.07) is 14.1. The molecule has 4 nitrogen and oxygen atoms in total. The third kappa shape index (κ3) is 3.53. The third-order valence-electron chi connectivity index (χ3n) is 4.47. The maximum Gasteiger partial charge on any atom is 0.159 e. The van der Waals surface area contributed by atoms with E-state index >= 15 is 0 Å². The van der Waals surface area contributed by atoms with Gasteiger partial charge in [-0.15, -0.1) is 15.7 Å². The van der Waals surface area contributed by atoms with Crippen molar-refractivity contribution in [2.24, 2.45) is 4.99 Å². The number of benzene rings is 2. The molecule has 4 rings (SSSR count). The fourth-order valence-electron chi connectivity index (χ4n) is 3.20. The van der Waals surface area contributed by atoms with Crippen LogP contribution < -0.4 is 0 Å². The van der Waals surface area contributed by atoms with Crippen LogP contribution in [0.4, 0.5) is 0 Å². The van der Waals surface area contributed by atoms with E-state index in [0.717, 1.165) is 39.7 Å². The average molecular weight is 405 g/mol. The van der Waals surface area contributed by atoms with Crippen molar-refractivity contribution in [1.82, 2.24) is 14.8 Å². The molecular formula is C22H21ClN4Si. The molecule has 0 bridgehead atoms. The first kappa shape index (κ1) is 18.7. The van der Waals surface area contributed by atoms with Crippen molar-refractivity contribution in [3.8, 4) is 17.2 Å². The smallest absolute Gasteiger partial charge is 0.159 e. The highest BCUT2D eigenvalue weighted by atomic mass is 35.5. The zero-order valence-corrected chi connectivity index (χ0v) is 18.2. The Balaban J connectivity index is 1.96. The van der Waals surface area contributed by atoms with Gasteiger partial charge >= 0.3 is 0 Å². The molecule has 2 aromatic carbocycles. The van der Waals surface area contributed by atoms with Crippen LogP contribution in [-0.4, -0.2) is 28.6 Å². The van der Waals surface area contributed by atoms with E-state index in [-0.39, 0.29) is 0 Å². The number of aromatic nitrogens is 3. The number of halogens is 1. The number of hydrogen-bond acceptors (Lipinski definition) is 3. The molecule has 0 radical (unpaired) electrons. The maximum atomic E-state index is 6.52. The molecule has 2 heterocycles. The van der Waals surface area contributed by atoms with Crippen LogP contribution in [0.3, 0.4) is 0 Å². The van der Waals surface area contributed by atoms with Crippen molar-refractivity contribution < 1.29 is 0 Å². The highest BCUT2D eigenvalue weighted by Gasteiger charge is 2.23. The fourth-order valence-corrected chi connectivity index (χ4v) is 3.94. The molecule has 0 aliphatic carbocycles. The molecule has 0 amide bonds. The van der Waals surface area contributed by atoms with Crippen molar-refractivity contribution in [3.63, 3.8) is 0 Å². The van der Waals surface area contributed by atoms with Gasteiger partial charge in [0.25, 0.3) is 0 Å². The second-order valence-corrected chi connectivity index (χ2v) is 13.0. The van der Waals surface area contributed by atoms with Crippen LogP contribution in [0.5, 0.6) is 0 Å². The molecule has 0 saturated heterocycles. The topological polar surface area (TPSA) is 43.1 Å². The minimum atomic E-state index is -1.47. The van der Waals surface area contributed by atoms with Crippen LogP contribution in [0.1, 0.15) is 28.3 Å². The third-order valence-corrected chi connectivity index (χ3v) is 5.68. The molecule has 6 heteroatoms. The van der Waals surface area contributed by atoms with E-state index in [1.807, 2.05) is 31.2 Å². The van der Waals surface area contributed by atoms with E-state index in [1.54, 1.807) is 0 Å². The zero-order chi connectivity index (χ0) is 19.9. The van der Waals surface area contributed by atoms with Gasteiger partial charge < -0.3 is 0 Å². The normalized spacial score (nSPS) is 13.0. The van der Waals surface area contributed by atoms with Crippen LogP contribution in [-0.2, 0) is 6.54 Å². The van der Waals surface area contributed by atoms with Gasteiger partial charge in [-0.05, 0) is 31.2 Å². The molecule has 1 aromatic heterocycles. The minimum Gasteiger partial charge on any atom is -0.281 e. The van der Waals surface area contributed by atoms with Crippen molar-refractivity contribution in [1.29, 1.82) is 0 Å². The quantitative estimate of drug-likeness (QED) is 0.431. The average Bonchev–Trinajstić information content (AvgIpc) is 2.93. The fraction of sp³-hybridized carbons (Fsp3) is 0.227. The summed E-state index contributed by atoms with van der Waals surface area (Å²) in [5.74, 6) is 5.02. The Hall–Kier alpha value is -2.68. The predicted molar refractivity (Wildman–Crippen MR) is 117 cm³/mol. The molecule has 0 unspecified atom stereocenters. The number of aryl methyl sites for hydroxylation is 1. The van der Waals surface area contributed by atoms with Crippen LogP contribution in [0.2, 0.25) is 24.7 Å². The molecule has 140 valence electrons. The number of fused-ring (bicyclic) bond motifs is 3. The molecule has 0 saturated carbocycles. The van der Waals surface area contributed by atoms with Crippen LogP contribution >= 0.6 is 11.6 Å².